The summed E-state index contributed by atoms with van der Waals surface area (Å²) in [7, 11) is -9.94. The van der Waals surface area contributed by atoms with Crippen LogP contribution in [0.2, 0.25) is 0 Å². The van der Waals surface area contributed by atoms with Gasteiger partial charge in [0.2, 0.25) is 0 Å². The van der Waals surface area contributed by atoms with E-state index in [-0.39, 0.29) is 25.7 Å². The zero-order chi connectivity index (χ0) is 77.4. The number of aliphatic hydroxyl groups is 1. The van der Waals surface area contributed by atoms with E-state index in [2.05, 4.69) is 52.0 Å². The molecule has 0 fully saturated rings. The van der Waals surface area contributed by atoms with Crippen LogP contribution in [0, 0.1) is 0 Å². The van der Waals surface area contributed by atoms with Crippen molar-refractivity contribution < 1.29 is 80.2 Å². The topological polar surface area (TPSA) is 237 Å². The van der Waals surface area contributed by atoms with Gasteiger partial charge in [-0.1, -0.05) is 399 Å². The molecule has 0 rings (SSSR count). The number of unbranched alkanes of at least 4 members (excludes halogenated alkanes) is 57. The second kappa shape index (κ2) is 80.6. The van der Waals surface area contributed by atoms with Crippen LogP contribution in [0.15, 0.2) is 24.3 Å². The maximum Gasteiger partial charge on any atom is 0.472 e. The highest BCUT2D eigenvalue weighted by atomic mass is 31.2. The van der Waals surface area contributed by atoms with Crippen LogP contribution in [0.5, 0.6) is 0 Å². The zero-order valence-electron chi connectivity index (χ0n) is 68.9. The predicted molar refractivity (Wildman–Crippen MR) is 437 cm³/mol. The minimum atomic E-state index is -4.97. The summed E-state index contributed by atoms with van der Waals surface area (Å²) in [4.78, 5) is 73.3. The quantitative estimate of drug-likeness (QED) is 0.0169. The summed E-state index contributed by atoms with van der Waals surface area (Å²) < 4.78 is 68.9. The Morgan fingerprint density at radius 3 is 0.689 bits per heavy atom. The molecule has 0 heterocycles. The first-order valence-corrected chi connectivity index (χ1v) is 47.6. The van der Waals surface area contributed by atoms with Crippen molar-refractivity contribution in [3.63, 3.8) is 0 Å². The Balaban J connectivity index is 5.28. The molecular formula is C87H166O17P2. The van der Waals surface area contributed by atoms with Crippen LogP contribution in [0.3, 0.4) is 0 Å². The Morgan fingerprint density at radius 2 is 0.453 bits per heavy atom. The minimum absolute atomic E-state index is 0.0862. The van der Waals surface area contributed by atoms with Gasteiger partial charge in [-0.2, -0.15) is 0 Å². The van der Waals surface area contributed by atoms with Gasteiger partial charge in [0.05, 0.1) is 26.4 Å². The Morgan fingerprint density at radius 1 is 0.264 bits per heavy atom. The molecule has 0 radical (unpaired) electrons. The van der Waals surface area contributed by atoms with Gasteiger partial charge in [-0.3, -0.25) is 37.3 Å². The van der Waals surface area contributed by atoms with Gasteiger partial charge in [-0.05, 0) is 51.4 Å². The summed E-state index contributed by atoms with van der Waals surface area (Å²) in [6, 6.07) is 0. The molecule has 0 aliphatic carbocycles. The number of phosphoric acid groups is 2. The van der Waals surface area contributed by atoms with E-state index in [1.165, 1.54) is 270 Å². The van der Waals surface area contributed by atoms with Crippen molar-refractivity contribution in [1.82, 2.24) is 0 Å². The second-order valence-electron chi connectivity index (χ2n) is 30.6. The number of ether oxygens (including phenoxy) is 4. The average molecular weight is 1550 g/mol. The molecule has 0 spiro atoms. The highest BCUT2D eigenvalue weighted by Gasteiger charge is 2.30. The molecule has 2 unspecified atom stereocenters. The number of rotatable bonds is 86. The van der Waals surface area contributed by atoms with E-state index in [1.54, 1.807) is 0 Å². The molecule has 17 nitrogen and oxygen atoms in total. The molecule has 0 amide bonds. The van der Waals surface area contributed by atoms with Crippen molar-refractivity contribution >= 4 is 39.5 Å². The maximum absolute atomic E-state index is 13.2. The molecule has 5 atom stereocenters. The molecule has 19 heteroatoms. The lowest BCUT2D eigenvalue weighted by Crippen LogP contribution is -2.30. The van der Waals surface area contributed by atoms with Crippen LogP contribution < -0.4 is 0 Å². The lowest BCUT2D eigenvalue weighted by Gasteiger charge is -2.21. The standard InChI is InChI=1S/C87H166O17P2/c1-5-9-13-17-21-25-29-33-36-38-40-41-43-46-50-54-58-62-66-70-74-87(92)104-83(78-98-85(90)72-68-64-60-56-52-48-45-42-39-37-34-30-26-22-18-14-10-6-2)80-102-106(95,96)100-76-81(88)75-99-105(93,94)101-79-82(77-97-84(89)71-67-63-59-55-51-47-32-28-24-20-16-12-8-4)103-86(91)73-69-65-61-57-53-49-44-35-31-27-23-19-15-11-7-3/h27,31,35,44,81-83,88H,5-26,28-30,32-34,36-43,45-80H2,1-4H3,(H,93,94)(H,95,96)/b31-27-,44-35-/t81-,82+,83+/m0/s1. The Kier molecular flexibility index (Phi) is 78.7. The van der Waals surface area contributed by atoms with E-state index in [1.807, 2.05) is 0 Å². The highest BCUT2D eigenvalue weighted by Crippen LogP contribution is 2.45. The first-order valence-electron chi connectivity index (χ1n) is 44.6. The van der Waals surface area contributed by atoms with Crippen LogP contribution in [0.25, 0.3) is 0 Å². The van der Waals surface area contributed by atoms with Crippen LogP contribution in [-0.2, 0) is 65.4 Å². The summed E-state index contributed by atoms with van der Waals surface area (Å²) in [5.74, 6) is -2.13. The van der Waals surface area contributed by atoms with Crippen LogP contribution in [0.4, 0.5) is 0 Å². The third-order valence-corrected chi connectivity index (χ3v) is 21.9. The molecule has 0 bridgehead atoms. The fraction of sp³-hybridized carbons (Fsp3) is 0.908. The maximum atomic E-state index is 13.2. The van der Waals surface area contributed by atoms with E-state index < -0.39 is 97.5 Å². The summed E-state index contributed by atoms with van der Waals surface area (Å²) in [5, 5.41) is 10.7. The molecule has 3 N–H and O–H groups in total. The highest BCUT2D eigenvalue weighted by molar-refractivity contribution is 7.47. The number of carbonyl (C=O) groups excluding carboxylic acids is 4. The molecule has 0 aromatic carbocycles. The summed E-state index contributed by atoms with van der Waals surface area (Å²) in [6.45, 7) is 5.00. The van der Waals surface area contributed by atoms with Crippen molar-refractivity contribution in [2.45, 2.75) is 470 Å². The second-order valence-corrected chi connectivity index (χ2v) is 33.5. The summed E-state index contributed by atoms with van der Waals surface area (Å²) >= 11 is 0. The van der Waals surface area contributed by atoms with E-state index in [9.17, 15) is 43.2 Å². The monoisotopic (exact) mass is 1550 g/mol. The van der Waals surface area contributed by atoms with Gasteiger partial charge in [-0.25, -0.2) is 9.13 Å². The molecule has 0 aromatic rings. The fourth-order valence-corrected chi connectivity index (χ4v) is 14.7. The molecule has 0 aliphatic heterocycles. The van der Waals surface area contributed by atoms with Gasteiger partial charge >= 0.3 is 39.5 Å². The van der Waals surface area contributed by atoms with E-state index in [0.29, 0.717) is 25.7 Å². The minimum Gasteiger partial charge on any atom is -0.462 e. The van der Waals surface area contributed by atoms with E-state index in [4.69, 9.17) is 37.0 Å². The molecule has 106 heavy (non-hydrogen) atoms. The zero-order valence-corrected chi connectivity index (χ0v) is 70.7. The fourth-order valence-electron chi connectivity index (χ4n) is 13.2. The number of hydrogen-bond acceptors (Lipinski definition) is 15. The van der Waals surface area contributed by atoms with Gasteiger partial charge in [0.25, 0.3) is 0 Å². The molecule has 0 aliphatic rings. The van der Waals surface area contributed by atoms with E-state index in [0.717, 1.165) is 103 Å². The SMILES string of the molecule is CCCCCC/C=C\C=C/CCCCCCCC(=O)O[C@H](COC(=O)CCCCCCCCCCCCCCC)COP(=O)(O)OC[C@H](O)COP(=O)(O)OC[C@@H](COC(=O)CCCCCCCCCCCCCCCCCCCC)OC(=O)CCCCCCCCCCCCCCCCCCCCCC. The lowest BCUT2D eigenvalue weighted by molar-refractivity contribution is -0.161. The van der Waals surface area contributed by atoms with Crippen molar-refractivity contribution in [2.24, 2.45) is 0 Å². The third kappa shape index (κ3) is 79.6. The van der Waals surface area contributed by atoms with Gasteiger partial charge in [0.15, 0.2) is 12.2 Å². The Hall–Kier alpha value is -2.46. The number of allylic oxidation sites excluding steroid dienone is 4. The lowest BCUT2D eigenvalue weighted by atomic mass is 10.0. The van der Waals surface area contributed by atoms with Gasteiger partial charge in [-0.15, -0.1) is 0 Å². The number of phosphoric ester groups is 2. The molecule has 0 aromatic heterocycles. The summed E-state index contributed by atoms with van der Waals surface area (Å²) in [6.07, 6.45) is 78.5. The van der Waals surface area contributed by atoms with Crippen molar-refractivity contribution in [3.05, 3.63) is 24.3 Å². The Bertz CT molecular complexity index is 2090. The molecule has 0 saturated heterocycles. The van der Waals surface area contributed by atoms with Gasteiger partial charge in [0.1, 0.15) is 19.3 Å². The largest absolute Gasteiger partial charge is 0.472 e. The third-order valence-electron chi connectivity index (χ3n) is 20.0. The molecule has 0 saturated carbocycles. The first kappa shape index (κ1) is 104. The number of hydrogen-bond donors (Lipinski definition) is 3. The van der Waals surface area contributed by atoms with Gasteiger partial charge < -0.3 is 33.8 Å². The average Bonchev–Trinajstić information content (AvgIpc) is 0.900. The van der Waals surface area contributed by atoms with Crippen LogP contribution in [0.1, 0.15) is 451 Å². The number of esters is 4. The van der Waals surface area contributed by atoms with Gasteiger partial charge in [0, 0.05) is 25.7 Å². The Labute approximate surface area is 650 Å². The first-order chi connectivity index (χ1) is 51.7. The van der Waals surface area contributed by atoms with Crippen molar-refractivity contribution in [1.29, 1.82) is 0 Å². The van der Waals surface area contributed by atoms with Crippen LogP contribution in [-0.4, -0.2) is 96.7 Å². The molecular weight excluding hydrogens is 1380 g/mol. The smallest absolute Gasteiger partial charge is 0.462 e. The number of aliphatic hydroxyl groups excluding tert-OH is 1. The van der Waals surface area contributed by atoms with Crippen molar-refractivity contribution in [2.75, 3.05) is 39.6 Å². The van der Waals surface area contributed by atoms with Crippen molar-refractivity contribution in [3.8, 4) is 0 Å². The number of carbonyl (C=O) groups is 4. The van der Waals surface area contributed by atoms with Crippen LogP contribution >= 0.6 is 15.6 Å². The normalized spacial score (nSPS) is 13.8. The molecule has 626 valence electrons. The predicted octanol–water partition coefficient (Wildman–Crippen LogP) is 26.5. The van der Waals surface area contributed by atoms with E-state index >= 15 is 0 Å². The summed E-state index contributed by atoms with van der Waals surface area (Å²) in [5.41, 5.74) is 0.